The molecule has 0 aliphatic carbocycles. The van der Waals surface area contributed by atoms with E-state index < -0.39 is 0 Å². The van der Waals surface area contributed by atoms with Gasteiger partial charge in [0, 0.05) is 43.8 Å². The predicted octanol–water partition coefficient (Wildman–Crippen LogP) is 2.16. The van der Waals surface area contributed by atoms with Gasteiger partial charge < -0.3 is 15.4 Å². The second-order valence-electron chi connectivity index (χ2n) is 6.23. The monoisotopic (exact) mass is 352 g/mol. The van der Waals surface area contributed by atoms with Gasteiger partial charge in [-0.25, -0.2) is 0 Å². The van der Waals surface area contributed by atoms with E-state index in [1.165, 1.54) is 0 Å². The van der Waals surface area contributed by atoms with Crippen LogP contribution in [0.2, 0.25) is 5.02 Å². The van der Waals surface area contributed by atoms with Crippen molar-refractivity contribution in [3.05, 3.63) is 34.9 Å². The molecule has 1 fully saturated rings. The van der Waals surface area contributed by atoms with E-state index in [9.17, 15) is 0 Å². The molecule has 134 valence electrons. The number of aliphatic imine (C=N–C) groups is 1. The summed E-state index contributed by atoms with van der Waals surface area (Å²) >= 11 is 6.19. The van der Waals surface area contributed by atoms with Crippen LogP contribution in [0.4, 0.5) is 0 Å². The minimum Gasteiger partial charge on any atom is -0.379 e. The fraction of sp³-hybridized carbons (Fsp3) is 0.611. The summed E-state index contributed by atoms with van der Waals surface area (Å²) in [6.07, 6.45) is 0.871. The van der Waals surface area contributed by atoms with Crippen LogP contribution in [0.15, 0.2) is 29.3 Å². The van der Waals surface area contributed by atoms with Crippen molar-refractivity contribution in [1.82, 2.24) is 15.5 Å². The molecule has 1 aliphatic rings. The van der Waals surface area contributed by atoms with E-state index >= 15 is 0 Å². The Kier molecular flexibility index (Phi) is 7.82. The largest absolute Gasteiger partial charge is 0.379 e. The first-order chi connectivity index (χ1) is 11.6. The average Bonchev–Trinajstić information content (AvgIpc) is 2.59. The summed E-state index contributed by atoms with van der Waals surface area (Å²) in [6, 6.07) is 8.85. The molecule has 5 nitrogen and oxygen atoms in total. The molecule has 0 radical (unpaired) electrons. The molecular formula is C18H29ClN4O. The van der Waals surface area contributed by atoms with E-state index in [-0.39, 0.29) is 0 Å². The summed E-state index contributed by atoms with van der Waals surface area (Å²) in [4.78, 5) is 6.78. The van der Waals surface area contributed by atoms with Crippen molar-refractivity contribution in [2.24, 2.45) is 4.99 Å². The Labute approximate surface area is 150 Å². The zero-order valence-electron chi connectivity index (χ0n) is 14.9. The van der Waals surface area contributed by atoms with E-state index in [4.69, 9.17) is 16.3 Å². The molecule has 2 rings (SSSR count). The van der Waals surface area contributed by atoms with Crippen LogP contribution in [0.5, 0.6) is 0 Å². The summed E-state index contributed by atoms with van der Waals surface area (Å²) in [7, 11) is 1.80. The van der Waals surface area contributed by atoms with Gasteiger partial charge in [-0.15, -0.1) is 0 Å². The number of guanidine groups is 1. The highest BCUT2D eigenvalue weighted by Gasteiger charge is 2.23. The zero-order valence-corrected chi connectivity index (χ0v) is 15.6. The Morgan fingerprint density at radius 1 is 1.42 bits per heavy atom. The highest BCUT2D eigenvalue weighted by Crippen LogP contribution is 2.14. The molecule has 2 unspecified atom stereocenters. The minimum absolute atomic E-state index is 0.436. The summed E-state index contributed by atoms with van der Waals surface area (Å²) < 4.78 is 5.50. The Balaban J connectivity index is 1.73. The summed E-state index contributed by atoms with van der Waals surface area (Å²) in [6.45, 7) is 8.73. The number of halogens is 1. The van der Waals surface area contributed by atoms with Gasteiger partial charge in [0.05, 0.1) is 13.2 Å². The number of nitrogens with one attached hydrogen (secondary N) is 2. The van der Waals surface area contributed by atoms with Crippen LogP contribution in [0.3, 0.4) is 0 Å². The van der Waals surface area contributed by atoms with Gasteiger partial charge in [-0.1, -0.05) is 29.8 Å². The van der Waals surface area contributed by atoms with Gasteiger partial charge in [0.1, 0.15) is 0 Å². The first kappa shape index (κ1) is 19.0. The van der Waals surface area contributed by atoms with E-state index in [0.29, 0.717) is 12.1 Å². The average molecular weight is 353 g/mol. The lowest BCUT2D eigenvalue weighted by Gasteiger charge is -2.38. The van der Waals surface area contributed by atoms with Crippen molar-refractivity contribution in [3.63, 3.8) is 0 Å². The Morgan fingerprint density at radius 2 is 2.21 bits per heavy atom. The van der Waals surface area contributed by atoms with Crippen molar-refractivity contribution in [2.45, 2.75) is 32.4 Å². The summed E-state index contributed by atoms with van der Waals surface area (Å²) in [5.74, 6) is 0.829. The van der Waals surface area contributed by atoms with Gasteiger partial charge in [0.2, 0.25) is 0 Å². The highest BCUT2D eigenvalue weighted by atomic mass is 35.5. The van der Waals surface area contributed by atoms with Crippen LogP contribution in [-0.2, 0) is 11.2 Å². The number of morpholine rings is 1. The van der Waals surface area contributed by atoms with Gasteiger partial charge in [0.25, 0.3) is 0 Å². The van der Waals surface area contributed by atoms with E-state index in [0.717, 1.165) is 55.8 Å². The lowest BCUT2D eigenvalue weighted by molar-refractivity contribution is -0.0174. The zero-order chi connectivity index (χ0) is 17.4. The van der Waals surface area contributed by atoms with E-state index in [1.807, 2.05) is 18.2 Å². The third kappa shape index (κ3) is 5.65. The fourth-order valence-corrected chi connectivity index (χ4v) is 3.22. The van der Waals surface area contributed by atoms with Crippen molar-refractivity contribution >= 4 is 17.6 Å². The molecule has 0 bridgehead atoms. The smallest absolute Gasteiger partial charge is 0.191 e. The molecule has 24 heavy (non-hydrogen) atoms. The van der Waals surface area contributed by atoms with Crippen molar-refractivity contribution in [2.75, 3.05) is 39.9 Å². The highest BCUT2D eigenvalue weighted by molar-refractivity contribution is 6.31. The van der Waals surface area contributed by atoms with Gasteiger partial charge >= 0.3 is 0 Å². The summed E-state index contributed by atoms with van der Waals surface area (Å²) in [5.41, 5.74) is 1.15. The molecule has 0 aromatic heterocycles. The maximum atomic E-state index is 6.19. The maximum absolute atomic E-state index is 6.19. The quantitative estimate of drug-likeness (QED) is 0.608. The number of hydrogen-bond acceptors (Lipinski definition) is 3. The molecule has 1 aromatic rings. The second-order valence-corrected chi connectivity index (χ2v) is 6.64. The van der Waals surface area contributed by atoms with Crippen LogP contribution in [-0.4, -0.2) is 62.8 Å². The van der Waals surface area contributed by atoms with Gasteiger partial charge in [-0.2, -0.15) is 0 Å². The van der Waals surface area contributed by atoms with Crippen LogP contribution in [0, 0.1) is 0 Å². The molecule has 6 heteroatoms. The third-order valence-corrected chi connectivity index (χ3v) is 4.79. The molecule has 0 spiro atoms. The predicted molar refractivity (Wildman–Crippen MR) is 101 cm³/mol. The molecule has 2 N–H and O–H groups in total. The topological polar surface area (TPSA) is 48.9 Å². The number of ether oxygens (including phenoxy) is 1. The fourth-order valence-electron chi connectivity index (χ4n) is 2.99. The molecular weight excluding hydrogens is 324 g/mol. The minimum atomic E-state index is 0.436. The molecule has 2 atom stereocenters. The molecule has 1 saturated heterocycles. The van der Waals surface area contributed by atoms with Gasteiger partial charge in [-0.05, 0) is 31.9 Å². The van der Waals surface area contributed by atoms with Crippen molar-refractivity contribution in [1.29, 1.82) is 0 Å². The lowest BCUT2D eigenvalue weighted by Crippen LogP contribution is -2.53. The number of nitrogens with zero attached hydrogens (tertiary/aromatic N) is 2. The molecule has 0 amide bonds. The third-order valence-electron chi connectivity index (χ3n) is 4.42. The summed E-state index contributed by atoms with van der Waals surface area (Å²) in [5, 5.41) is 7.58. The normalized spacial score (nSPS) is 20.7. The molecule has 1 aromatic carbocycles. The Bertz CT molecular complexity index is 538. The van der Waals surface area contributed by atoms with Gasteiger partial charge in [0.15, 0.2) is 5.96 Å². The Morgan fingerprint density at radius 3 is 2.92 bits per heavy atom. The number of hydrogen-bond donors (Lipinski definition) is 2. The lowest BCUT2D eigenvalue weighted by atomic mass is 10.1. The van der Waals surface area contributed by atoms with Crippen LogP contribution in [0.1, 0.15) is 19.4 Å². The first-order valence-electron chi connectivity index (χ1n) is 8.63. The number of benzene rings is 1. The van der Waals surface area contributed by atoms with E-state index in [2.05, 4.69) is 40.4 Å². The second kappa shape index (κ2) is 9.87. The van der Waals surface area contributed by atoms with E-state index in [1.54, 1.807) is 7.05 Å². The maximum Gasteiger partial charge on any atom is 0.191 e. The van der Waals surface area contributed by atoms with Crippen molar-refractivity contribution in [3.8, 4) is 0 Å². The SMILES string of the molecule is CN=C(NCCc1ccccc1Cl)NCC(C)N1CCOCC1C. The van der Waals surface area contributed by atoms with Crippen molar-refractivity contribution < 1.29 is 4.74 Å². The van der Waals surface area contributed by atoms with Crippen LogP contribution in [0.25, 0.3) is 0 Å². The molecule has 1 aliphatic heterocycles. The van der Waals surface area contributed by atoms with Crippen LogP contribution < -0.4 is 10.6 Å². The van der Waals surface area contributed by atoms with Crippen LogP contribution >= 0.6 is 11.6 Å². The number of rotatable bonds is 6. The molecule has 0 saturated carbocycles. The Hall–Kier alpha value is -1.30. The molecule has 1 heterocycles. The first-order valence-corrected chi connectivity index (χ1v) is 9.01. The van der Waals surface area contributed by atoms with Gasteiger partial charge in [-0.3, -0.25) is 9.89 Å². The standard InChI is InChI=1S/C18H29ClN4O/c1-14(23-10-11-24-13-15(23)2)12-22-18(20-3)21-9-8-16-6-4-5-7-17(16)19/h4-7,14-15H,8-13H2,1-3H3,(H2,20,21,22).